The number of sulfone groups is 1. The molecule has 6 heteroatoms. The van der Waals surface area contributed by atoms with Gasteiger partial charge in [0, 0.05) is 23.6 Å². The minimum absolute atomic E-state index is 0.256. The fraction of sp³-hybridized carbons (Fsp3) is 0.357. The largest absolute Gasteiger partial charge is 0.391 e. The van der Waals surface area contributed by atoms with Gasteiger partial charge in [-0.25, -0.2) is 13.4 Å². The van der Waals surface area contributed by atoms with Crippen LogP contribution < -0.4 is 0 Å². The number of aromatic nitrogens is 1. The van der Waals surface area contributed by atoms with Gasteiger partial charge in [-0.05, 0) is 6.92 Å². The van der Waals surface area contributed by atoms with Gasteiger partial charge in [0.05, 0.1) is 22.1 Å². The maximum absolute atomic E-state index is 11.4. The fourth-order valence-corrected chi connectivity index (χ4v) is 3.30. The van der Waals surface area contributed by atoms with Crippen molar-refractivity contribution in [2.75, 3.05) is 6.26 Å². The molecule has 0 aliphatic rings. The van der Waals surface area contributed by atoms with E-state index in [2.05, 4.69) is 4.98 Å². The summed E-state index contributed by atoms with van der Waals surface area (Å²) < 4.78 is 22.8. The SMILES string of the molecule is CC(C(O)Cc1nc(-c2ccccc2)cs1)S(C)(=O)=O. The summed E-state index contributed by atoms with van der Waals surface area (Å²) in [6, 6.07) is 9.75. The molecule has 2 aromatic rings. The average Bonchev–Trinajstić information content (AvgIpc) is 2.86. The van der Waals surface area contributed by atoms with Crippen LogP contribution in [0.25, 0.3) is 11.3 Å². The summed E-state index contributed by atoms with van der Waals surface area (Å²) in [4.78, 5) is 4.45. The van der Waals surface area contributed by atoms with Crippen molar-refractivity contribution in [1.82, 2.24) is 4.98 Å². The van der Waals surface area contributed by atoms with Gasteiger partial charge in [0.15, 0.2) is 9.84 Å². The van der Waals surface area contributed by atoms with E-state index >= 15 is 0 Å². The molecule has 2 atom stereocenters. The second-order valence-electron chi connectivity index (χ2n) is 4.80. The van der Waals surface area contributed by atoms with Gasteiger partial charge in [-0.3, -0.25) is 0 Å². The first-order valence-electron chi connectivity index (χ1n) is 6.24. The molecular formula is C14H17NO3S2. The summed E-state index contributed by atoms with van der Waals surface area (Å²) in [5.41, 5.74) is 1.87. The highest BCUT2D eigenvalue weighted by Gasteiger charge is 2.25. The number of aliphatic hydroxyl groups excluding tert-OH is 1. The Morgan fingerprint density at radius 3 is 2.55 bits per heavy atom. The van der Waals surface area contributed by atoms with Crippen LogP contribution in [0.2, 0.25) is 0 Å². The van der Waals surface area contributed by atoms with Crippen molar-refractivity contribution in [2.24, 2.45) is 0 Å². The molecule has 1 aromatic carbocycles. The van der Waals surface area contributed by atoms with Crippen LogP contribution in [0.3, 0.4) is 0 Å². The predicted octanol–water partition coefficient (Wildman–Crippen LogP) is 2.15. The summed E-state index contributed by atoms with van der Waals surface area (Å²) in [5.74, 6) is 0. The lowest BCUT2D eigenvalue weighted by atomic mass is 10.2. The molecule has 1 heterocycles. The molecule has 108 valence electrons. The topological polar surface area (TPSA) is 67.3 Å². The summed E-state index contributed by atoms with van der Waals surface area (Å²) in [6.07, 6.45) is 0.462. The normalized spacial score (nSPS) is 14.9. The zero-order valence-corrected chi connectivity index (χ0v) is 13.0. The summed E-state index contributed by atoms with van der Waals surface area (Å²) >= 11 is 1.43. The molecule has 0 spiro atoms. The van der Waals surface area contributed by atoms with Crippen LogP contribution in [-0.2, 0) is 16.3 Å². The van der Waals surface area contributed by atoms with Crippen molar-refractivity contribution < 1.29 is 13.5 Å². The van der Waals surface area contributed by atoms with E-state index in [9.17, 15) is 13.5 Å². The zero-order chi connectivity index (χ0) is 14.8. The average molecular weight is 311 g/mol. The Bertz CT molecular complexity index is 665. The first kappa shape index (κ1) is 15.2. The molecule has 2 rings (SSSR count). The van der Waals surface area contributed by atoms with Gasteiger partial charge in [-0.1, -0.05) is 30.3 Å². The van der Waals surface area contributed by atoms with E-state index in [1.807, 2.05) is 35.7 Å². The van der Waals surface area contributed by atoms with Crippen molar-refractivity contribution in [1.29, 1.82) is 0 Å². The third-order valence-electron chi connectivity index (χ3n) is 3.22. The van der Waals surface area contributed by atoms with E-state index in [4.69, 9.17) is 0 Å². The van der Waals surface area contributed by atoms with E-state index in [0.29, 0.717) is 0 Å². The molecule has 0 bridgehead atoms. The minimum Gasteiger partial charge on any atom is -0.391 e. The fourth-order valence-electron chi connectivity index (χ4n) is 1.78. The Morgan fingerprint density at radius 2 is 1.95 bits per heavy atom. The van der Waals surface area contributed by atoms with E-state index in [-0.39, 0.29) is 6.42 Å². The number of benzene rings is 1. The van der Waals surface area contributed by atoms with E-state index < -0.39 is 21.2 Å². The van der Waals surface area contributed by atoms with Crippen molar-refractivity contribution in [3.63, 3.8) is 0 Å². The standard InChI is InChI=1S/C14H17NO3S2/c1-10(20(2,17)18)13(16)8-14-15-12(9-19-14)11-6-4-3-5-7-11/h3-7,9-10,13,16H,8H2,1-2H3. The smallest absolute Gasteiger partial charge is 0.152 e. The van der Waals surface area contributed by atoms with Gasteiger partial charge in [0.2, 0.25) is 0 Å². The molecule has 0 fully saturated rings. The van der Waals surface area contributed by atoms with Gasteiger partial charge in [0.1, 0.15) is 0 Å². The van der Waals surface area contributed by atoms with Crippen LogP contribution in [0, 0.1) is 0 Å². The summed E-state index contributed by atoms with van der Waals surface area (Å²) in [6.45, 7) is 1.52. The first-order chi connectivity index (χ1) is 9.38. The molecule has 0 aliphatic heterocycles. The zero-order valence-electron chi connectivity index (χ0n) is 11.4. The molecule has 1 aromatic heterocycles. The molecule has 1 N–H and O–H groups in total. The Kier molecular flexibility index (Phi) is 4.57. The monoisotopic (exact) mass is 311 g/mol. The number of hydrogen-bond acceptors (Lipinski definition) is 5. The highest BCUT2D eigenvalue weighted by atomic mass is 32.2. The number of hydrogen-bond donors (Lipinski definition) is 1. The predicted molar refractivity (Wildman–Crippen MR) is 81.6 cm³/mol. The van der Waals surface area contributed by atoms with Crippen LogP contribution in [0.1, 0.15) is 11.9 Å². The Balaban J connectivity index is 2.11. The molecule has 0 amide bonds. The third kappa shape index (κ3) is 3.65. The van der Waals surface area contributed by atoms with Gasteiger partial charge in [-0.2, -0.15) is 0 Å². The third-order valence-corrected chi connectivity index (χ3v) is 5.76. The molecule has 0 aliphatic carbocycles. The Morgan fingerprint density at radius 1 is 1.30 bits per heavy atom. The maximum atomic E-state index is 11.4. The Labute approximate surface area is 123 Å². The summed E-state index contributed by atoms with van der Waals surface area (Å²) in [7, 11) is -3.24. The van der Waals surface area contributed by atoms with E-state index in [1.54, 1.807) is 0 Å². The van der Waals surface area contributed by atoms with Crippen molar-refractivity contribution >= 4 is 21.2 Å². The molecule has 0 saturated carbocycles. The Hall–Kier alpha value is -1.24. The van der Waals surface area contributed by atoms with Crippen LogP contribution in [0.4, 0.5) is 0 Å². The number of thiazole rings is 1. The van der Waals surface area contributed by atoms with Crippen molar-refractivity contribution in [2.45, 2.75) is 24.7 Å². The minimum atomic E-state index is -3.24. The number of aliphatic hydroxyl groups is 1. The highest BCUT2D eigenvalue weighted by Crippen LogP contribution is 2.23. The second-order valence-corrected chi connectivity index (χ2v) is 8.14. The van der Waals surface area contributed by atoms with E-state index in [1.165, 1.54) is 18.3 Å². The van der Waals surface area contributed by atoms with Crippen molar-refractivity contribution in [3.05, 3.63) is 40.7 Å². The van der Waals surface area contributed by atoms with Gasteiger partial charge < -0.3 is 5.11 Å². The van der Waals surface area contributed by atoms with Crippen LogP contribution in [-0.4, -0.2) is 36.1 Å². The summed E-state index contributed by atoms with van der Waals surface area (Å²) in [5, 5.41) is 11.9. The lowest BCUT2D eigenvalue weighted by Gasteiger charge is -2.15. The van der Waals surface area contributed by atoms with Gasteiger partial charge >= 0.3 is 0 Å². The molecular weight excluding hydrogens is 294 g/mol. The highest BCUT2D eigenvalue weighted by molar-refractivity contribution is 7.91. The molecule has 0 saturated heterocycles. The van der Waals surface area contributed by atoms with Crippen LogP contribution in [0.5, 0.6) is 0 Å². The first-order valence-corrected chi connectivity index (χ1v) is 9.08. The van der Waals surface area contributed by atoms with Crippen molar-refractivity contribution in [3.8, 4) is 11.3 Å². The number of nitrogens with zero attached hydrogens (tertiary/aromatic N) is 1. The van der Waals surface area contributed by atoms with Crippen LogP contribution in [0.15, 0.2) is 35.7 Å². The molecule has 2 unspecified atom stereocenters. The van der Waals surface area contributed by atoms with E-state index in [0.717, 1.165) is 22.5 Å². The second kappa shape index (κ2) is 6.03. The quantitative estimate of drug-likeness (QED) is 0.918. The molecule has 20 heavy (non-hydrogen) atoms. The van der Waals surface area contributed by atoms with Crippen LogP contribution >= 0.6 is 11.3 Å². The lowest BCUT2D eigenvalue weighted by Crippen LogP contribution is -2.32. The molecule has 4 nitrogen and oxygen atoms in total. The maximum Gasteiger partial charge on any atom is 0.152 e. The van der Waals surface area contributed by atoms with Gasteiger partial charge in [-0.15, -0.1) is 11.3 Å². The lowest BCUT2D eigenvalue weighted by molar-refractivity contribution is 0.173. The number of rotatable bonds is 5. The van der Waals surface area contributed by atoms with Gasteiger partial charge in [0.25, 0.3) is 0 Å². The molecule has 0 radical (unpaired) electrons.